The number of anilines is 1. The van der Waals surface area contributed by atoms with Crippen molar-refractivity contribution in [3.63, 3.8) is 0 Å². The predicted octanol–water partition coefficient (Wildman–Crippen LogP) is 4.69. The summed E-state index contributed by atoms with van der Waals surface area (Å²) in [6.45, 7) is 1.78. The fourth-order valence-electron chi connectivity index (χ4n) is 1.71. The number of carbonyl (C=O) groups excluding carboxylic acids is 1. The minimum absolute atomic E-state index is 0.225. The molecule has 0 unspecified atom stereocenters. The highest BCUT2D eigenvalue weighted by molar-refractivity contribution is 14.1. The van der Waals surface area contributed by atoms with E-state index in [-0.39, 0.29) is 11.9 Å². The van der Waals surface area contributed by atoms with E-state index in [1.165, 1.54) is 11.3 Å². The number of rotatable bonds is 3. The predicted molar refractivity (Wildman–Crippen MR) is 91.8 cm³/mol. The second kappa shape index (κ2) is 6.91. The second-order valence-corrected chi connectivity index (χ2v) is 7.27. The van der Waals surface area contributed by atoms with Crippen molar-refractivity contribution in [2.75, 3.05) is 5.32 Å². The van der Waals surface area contributed by atoms with Crippen molar-refractivity contribution in [1.29, 1.82) is 0 Å². The highest BCUT2D eigenvalue weighted by Crippen LogP contribution is 2.35. The number of hydrogen-bond donors (Lipinski definition) is 2. The van der Waals surface area contributed by atoms with E-state index in [1.54, 1.807) is 13.0 Å². The van der Waals surface area contributed by atoms with E-state index >= 15 is 0 Å². The first-order chi connectivity index (χ1) is 10.6. The number of nitrogens with two attached hydrogens (primary N) is 1. The molecule has 1 atom stereocenters. The highest BCUT2D eigenvalue weighted by Gasteiger charge is 2.34. The lowest BCUT2D eigenvalue weighted by Crippen LogP contribution is -2.13. The summed E-state index contributed by atoms with van der Waals surface area (Å²) in [5, 5.41) is 1.81. The Bertz CT molecular complexity index is 749. The number of aromatic nitrogens is 1. The van der Waals surface area contributed by atoms with Crippen molar-refractivity contribution in [3.05, 3.63) is 42.2 Å². The number of hydrogen-bond acceptors (Lipinski definition) is 4. The Kier molecular flexibility index (Phi) is 5.54. The van der Waals surface area contributed by atoms with Crippen LogP contribution in [0.1, 0.15) is 33.1 Å². The van der Waals surface area contributed by atoms with Gasteiger partial charge in [-0.1, -0.05) is 11.6 Å². The topological polar surface area (TPSA) is 68.0 Å². The summed E-state index contributed by atoms with van der Waals surface area (Å²) in [6, 6.07) is 2.09. The molecule has 4 nitrogen and oxygen atoms in total. The van der Waals surface area contributed by atoms with Crippen LogP contribution in [0.2, 0.25) is 5.02 Å². The van der Waals surface area contributed by atoms with Gasteiger partial charge in [0.1, 0.15) is 5.82 Å². The quantitative estimate of drug-likeness (QED) is 0.633. The van der Waals surface area contributed by atoms with Crippen LogP contribution in [0.4, 0.5) is 19.0 Å². The summed E-state index contributed by atoms with van der Waals surface area (Å²) in [4.78, 5) is 17.0. The van der Waals surface area contributed by atoms with E-state index in [9.17, 15) is 18.0 Å². The molecular formula is C13H10ClF3IN3OS. The first-order valence-corrected chi connectivity index (χ1v) is 8.46. The first kappa shape index (κ1) is 18.4. The Morgan fingerprint density at radius 3 is 2.65 bits per heavy atom. The van der Waals surface area contributed by atoms with Crippen molar-refractivity contribution in [2.24, 2.45) is 5.73 Å². The number of alkyl halides is 3. The molecule has 0 aliphatic heterocycles. The molecule has 2 aromatic rings. The van der Waals surface area contributed by atoms with Gasteiger partial charge in [0.15, 0.2) is 0 Å². The summed E-state index contributed by atoms with van der Waals surface area (Å²) < 4.78 is 39.2. The average molecular weight is 476 g/mol. The van der Waals surface area contributed by atoms with E-state index in [0.29, 0.717) is 10.9 Å². The van der Waals surface area contributed by atoms with Crippen LogP contribution in [0.5, 0.6) is 0 Å². The molecule has 10 heteroatoms. The highest BCUT2D eigenvalue weighted by atomic mass is 127. The van der Waals surface area contributed by atoms with E-state index in [4.69, 9.17) is 17.3 Å². The molecule has 1 amide bonds. The molecule has 0 fully saturated rings. The van der Waals surface area contributed by atoms with Gasteiger partial charge in [-0.25, -0.2) is 4.98 Å². The molecule has 23 heavy (non-hydrogen) atoms. The molecule has 2 rings (SSSR count). The number of carbonyl (C=O) groups is 1. The van der Waals surface area contributed by atoms with Gasteiger partial charge < -0.3 is 11.1 Å². The fraction of sp³-hybridized carbons (Fsp3) is 0.231. The van der Waals surface area contributed by atoms with Crippen molar-refractivity contribution in [3.8, 4) is 0 Å². The lowest BCUT2D eigenvalue weighted by Gasteiger charge is -2.10. The smallest absolute Gasteiger partial charge is 0.323 e. The number of thiophene rings is 1. The number of halogens is 5. The van der Waals surface area contributed by atoms with Gasteiger partial charge in [-0.2, -0.15) is 13.2 Å². The zero-order chi connectivity index (χ0) is 17.4. The Morgan fingerprint density at radius 1 is 1.48 bits per heavy atom. The second-order valence-electron chi connectivity index (χ2n) is 4.61. The van der Waals surface area contributed by atoms with Gasteiger partial charge in [0.2, 0.25) is 0 Å². The Balaban J connectivity index is 2.26. The van der Waals surface area contributed by atoms with Gasteiger partial charge in [0.05, 0.1) is 15.5 Å². The van der Waals surface area contributed by atoms with Crippen LogP contribution in [-0.2, 0) is 6.18 Å². The van der Waals surface area contributed by atoms with Gasteiger partial charge in [-0.05, 0) is 41.6 Å². The van der Waals surface area contributed by atoms with Crippen LogP contribution in [0.3, 0.4) is 0 Å². The van der Waals surface area contributed by atoms with Gasteiger partial charge in [0, 0.05) is 20.7 Å². The summed E-state index contributed by atoms with van der Waals surface area (Å²) in [5.41, 5.74) is 4.73. The van der Waals surface area contributed by atoms with Crippen LogP contribution < -0.4 is 11.1 Å². The third-order valence-electron chi connectivity index (χ3n) is 2.75. The van der Waals surface area contributed by atoms with Crippen LogP contribution in [-0.4, -0.2) is 10.9 Å². The lowest BCUT2D eigenvalue weighted by molar-refractivity contribution is -0.137. The Morgan fingerprint density at radius 2 is 2.13 bits per heavy atom. The maximum atomic E-state index is 12.8. The molecule has 0 aliphatic carbocycles. The molecule has 2 heterocycles. The normalized spacial score (nSPS) is 13.0. The molecule has 0 saturated heterocycles. The number of nitrogens with one attached hydrogen (secondary N) is 1. The van der Waals surface area contributed by atoms with Gasteiger partial charge in [-0.3, -0.25) is 4.79 Å². The minimum Gasteiger partial charge on any atom is -0.323 e. The SMILES string of the molecule is C[C@@H](N)c1sc(C(=O)Nc2cc(C(F)(F)F)c(Cl)cn2)cc1I. The maximum absolute atomic E-state index is 12.8. The van der Waals surface area contributed by atoms with E-state index < -0.39 is 22.7 Å². The number of pyridine rings is 1. The van der Waals surface area contributed by atoms with Crippen molar-refractivity contribution in [2.45, 2.75) is 19.1 Å². The maximum Gasteiger partial charge on any atom is 0.418 e. The van der Waals surface area contributed by atoms with Crippen LogP contribution in [0, 0.1) is 3.57 Å². The molecule has 0 aliphatic rings. The van der Waals surface area contributed by atoms with Crippen molar-refractivity contribution in [1.82, 2.24) is 4.98 Å². The zero-order valence-corrected chi connectivity index (χ0v) is 15.3. The molecule has 0 saturated carbocycles. The summed E-state index contributed by atoms with van der Waals surface area (Å²) in [6.07, 6.45) is -3.77. The zero-order valence-electron chi connectivity index (χ0n) is 11.5. The number of amides is 1. The van der Waals surface area contributed by atoms with Crippen LogP contribution >= 0.6 is 45.5 Å². The summed E-state index contributed by atoms with van der Waals surface area (Å²) >= 11 is 8.72. The molecule has 2 aromatic heterocycles. The first-order valence-electron chi connectivity index (χ1n) is 6.18. The van der Waals surface area contributed by atoms with Gasteiger partial charge in [0.25, 0.3) is 5.91 Å². The molecule has 3 N–H and O–H groups in total. The monoisotopic (exact) mass is 475 g/mol. The van der Waals surface area contributed by atoms with Crippen LogP contribution in [0.15, 0.2) is 18.3 Å². The van der Waals surface area contributed by atoms with Crippen LogP contribution in [0.25, 0.3) is 0 Å². The minimum atomic E-state index is -4.63. The third kappa shape index (κ3) is 4.34. The Hall–Kier alpha value is -0.910. The summed E-state index contributed by atoms with van der Waals surface area (Å²) in [5.74, 6) is -0.778. The van der Waals surface area contributed by atoms with Crippen molar-refractivity contribution < 1.29 is 18.0 Å². The Labute approximate surface area is 152 Å². The standard InChI is InChI=1S/C13H10ClF3IN3OS/c1-5(19)11-8(18)3-9(23-11)12(22)21-10-2-6(13(15,16)17)7(14)4-20-10/h2-5H,19H2,1H3,(H,20,21,22)/t5-/m1/s1. The molecule has 0 bridgehead atoms. The molecule has 0 radical (unpaired) electrons. The largest absolute Gasteiger partial charge is 0.418 e. The van der Waals surface area contributed by atoms with Crippen molar-refractivity contribution >= 4 is 57.3 Å². The molecular weight excluding hydrogens is 466 g/mol. The lowest BCUT2D eigenvalue weighted by atomic mass is 10.2. The van der Waals surface area contributed by atoms with E-state index in [0.717, 1.165) is 14.6 Å². The average Bonchev–Trinajstić information content (AvgIpc) is 2.82. The number of nitrogens with zero attached hydrogens (tertiary/aromatic N) is 1. The van der Waals surface area contributed by atoms with E-state index in [1.807, 2.05) is 22.6 Å². The van der Waals surface area contributed by atoms with Gasteiger partial charge >= 0.3 is 6.18 Å². The van der Waals surface area contributed by atoms with Gasteiger partial charge in [-0.15, -0.1) is 11.3 Å². The molecule has 0 spiro atoms. The fourth-order valence-corrected chi connectivity index (χ4v) is 4.16. The molecule has 124 valence electrons. The summed E-state index contributed by atoms with van der Waals surface area (Å²) in [7, 11) is 0. The molecule has 0 aromatic carbocycles. The third-order valence-corrected chi connectivity index (χ3v) is 5.65. The van der Waals surface area contributed by atoms with E-state index in [2.05, 4.69) is 10.3 Å².